The molecule has 0 spiro atoms. The van der Waals surface area contributed by atoms with Crippen molar-refractivity contribution in [1.29, 1.82) is 0 Å². The third-order valence-corrected chi connectivity index (χ3v) is 3.81. The number of hydrogen-bond acceptors (Lipinski definition) is 4. The van der Waals surface area contributed by atoms with E-state index in [1.54, 1.807) is 12.3 Å². The fourth-order valence-electron chi connectivity index (χ4n) is 2.51. The standard InChI is InChI=1S/C14H15ClN4/c1-16-11-5-2-6-12-9(11)8-18-14(19-12)13-10(15)4-3-7-17-13/h3-4,7-8,11,16H,2,5-6H2,1H3. The van der Waals surface area contributed by atoms with Gasteiger partial charge in [-0.15, -0.1) is 0 Å². The second-order valence-electron chi connectivity index (χ2n) is 4.66. The lowest BCUT2D eigenvalue weighted by molar-refractivity contribution is 0.487. The topological polar surface area (TPSA) is 50.7 Å². The maximum absolute atomic E-state index is 6.14. The highest BCUT2D eigenvalue weighted by Crippen LogP contribution is 2.30. The third-order valence-electron chi connectivity index (χ3n) is 3.50. The van der Waals surface area contributed by atoms with Crippen molar-refractivity contribution in [2.45, 2.75) is 25.3 Å². The molecule has 5 heteroatoms. The molecule has 2 aromatic heterocycles. The first-order valence-corrected chi connectivity index (χ1v) is 6.81. The highest BCUT2D eigenvalue weighted by Gasteiger charge is 2.21. The van der Waals surface area contributed by atoms with Crippen molar-refractivity contribution in [3.63, 3.8) is 0 Å². The van der Waals surface area contributed by atoms with Crippen molar-refractivity contribution in [3.05, 3.63) is 40.8 Å². The molecule has 3 rings (SSSR count). The van der Waals surface area contributed by atoms with Gasteiger partial charge in [0, 0.05) is 29.7 Å². The van der Waals surface area contributed by atoms with Crippen LogP contribution in [0.4, 0.5) is 0 Å². The van der Waals surface area contributed by atoms with Gasteiger partial charge in [-0.3, -0.25) is 4.98 Å². The Morgan fingerprint density at radius 2 is 2.26 bits per heavy atom. The van der Waals surface area contributed by atoms with E-state index in [1.165, 1.54) is 5.56 Å². The second-order valence-corrected chi connectivity index (χ2v) is 5.07. The summed E-state index contributed by atoms with van der Waals surface area (Å²) in [6, 6.07) is 3.97. The van der Waals surface area contributed by atoms with Gasteiger partial charge in [-0.1, -0.05) is 11.6 Å². The van der Waals surface area contributed by atoms with Crippen LogP contribution in [0, 0.1) is 0 Å². The number of hydrogen-bond donors (Lipinski definition) is 1. The molecular formula is C14H15ClN4. The molecule has 1 aliphatic carbocycles. The van der Waals surface area contributed by atoms with E-state index in [9.17, 15) is 0 Å². The Balaban J connectivity index is 2.05. The molecule has 98 valence electrons. The maximum atomic E-state index is 6.14. The lowest BCUT2D eigenvalue weighted by Gasteiger charge is -2.24. The van der Waals surface area contributed by atoms with Gasteiger partial charge in [0.15, 0.2) is 5.82 Å². The molecule has 2 aromatic rings. The molecule has 0 amide bonds. The molecule has 2 heterocycles. The van der Waals surface area contributed by atoms with Crippen molar-refractivity contribution in [3.8, 4) is 11.5 Å². The van der Waals surface area contributed by atoms with Gasteiger partial charge in [-0.2, -0.15) is 0 Å². The van der Waals surface area contributed by atoms with Crippen molar-refractivity contribution in [1.82, 2.24) is 20.3 Å². The summed E-state index contributed by atoms with van der Waals surface area (Å²) in [5.74, 6) is 0.612. The summed E-state index contributed by atoms with van der Waals surface area (Å²) in [5.41, 5.74) is 2.96. The van der Waals surface area contributed by atoms with Crippen molar-refractivity contribution in [2.24, 2.45) is 0 Å². The van der Waals surface area contributed by atoms with Crippen molar-refractivity contribution < 1.29 is 0 Å². The zero-order chi connectivity index (χ0) is 13.2. The Labute approximate surface area is 117 Å². The fraction of sp³-hybridized carbons (Fsp3) is 0.357. The van der Waals surface area contributed by atoms with Gasteiger partial charge >= 0.3 is 0 Å². The molecule has 19 heavy (non-hydrogen) atoms. The van der Waals surface area contributed by atoms with Gasteiger partial charge in [0.2, 0.25) is 0 Å². The number of aryl methyl sites for hydroxylation is 1. The van der Waals surface area contributed by atoms with Crippen LogP contribution < -0.4 is 5.32 Å². The van der Waals surface area contributed by atoms with Crippen LogP contribution in [0.25, 0.3) is 11.5 Å². The molecule has 0 aromatic carbocycles. The summed E-state index contributed by atoms with van der Waals surface area (Å²) in [6.07, 6.45) is 6.89. The Hall–Kier alpha value is -1.52. The summed E-state index contributed by atoms with van der Waals surface area (Å²) in [7, 11) is 1.98. The molecule has 0 fully saturated rings. The summed E-state index contributed by atoms with van der Waals surface area (Å²) in [5, 5.41) is 3.90. The highest BCUT2D eigenvalue weighted by atomic mass is 35.5. The largest absolute Gasteiger partial charge is 0.313 e. The first kappa shape index (κ1) is 12.5. The van der Waals surface area contributed by atoms with E-state index < -0.39 is 0 Å². The zero-order valence-corrected chi connectivity index (χ0v) is 11.5. The van der Waals surface area contributed by atoms with E-state index in [0.717, 1.165) is 25.0 Å². The van der Waals surface area contributed by atoms with Gasteiger partial charge in [-0.05, 0) is 38.4 Å². The minimum atomic E-state index is 0.358. The van der Waals surface area contributed by atoms with Crippen LogP contribution >= 0.6 is 11.6 Å². The molecule has 0 aliphatic heterocycles. The molecular weight excluding hydrogens is 260 g/mol. The summed E-state index contributed by atoms with van der Waals surface area (Å²) >= 11 is 6.14. The predicted molar refractivity (Wildman–Crippen MR) is 75.0 cm³/mol. The first-order valence-electron chi connectivity index (χ1n) is 6.43. The normalized spacial score (nSPS) is 18.1. The first-order chi connectivity index (χ1) is 9.29. The smallest absolute Gasteiger partial charge is 0.179 e. The Bertz CT molecular complexity index is 600. The Morgan fingerprint density at radius 1 is 1.37 bits per heavy atom. The number of nitrogens with one attached hydrogen (secondary N) is 1. The van der Waals surface area contributed by atoms with Crippen LogP contribution in [0.1, 0.15) is 30.1 Å². The van der Waals surface area contributed by atoms with Crippen LogP contribution in [-0.4, -0.2) is 22.0 Å². The number of halogens is 1. The van der Waals surface area contributed by atoms with Crippen molar-refractivity contribution in [2.75, 3.05) is 7.05 Å². The van der Waals surface area contributed by atoms with Gasteiger partial charge < -0.3 is 5.32 Å². The van der Waals surface area contributed by atoms with E-state index in [0.29, 0.717) is 22.6 Å². The minimum absolute atomic E-state index is 0.358. The van der Waals surface area contributed by atoms with Gasteiger partial charge in [0.25, 0.3) is 0 Å². The number of nitrogens with zero attached hydrogens (tertiary/aromatic N) is 3. The SMILES string of the molecule is CNC1CCCc2nc(-c3ncccc3Cl)ncc21. The Kier molecular flexibility index (Phi) is 3.44. The Morgan fingerprint density at radius 3 is 3.05 bits per heavy atom. The molecule has 1 atom stereocenters. The molecule has 0 bridgehead atoms. The van der Waals surface area contributed by atoms with Gasteiger partial charge in [-0.25, -0.2) is 9.97 Å². The minimum Gasteiger partial charge on any atom is -0.313 e. The average Bonchev–Trinajstić information content (AvgIpc) is 2.46. The lowest BCUT2D eigenvalue weighted by Crippen LogP contribution is -2.23. The summed E-state index contributed by atoms with van der Waals surface area (Å²) in [6.45, 7) is 0. The van der Waals surface area contributed by atoms with E-state index in [1.807, 2.05) is 19.3 Å². The van der Waals surface area contributed by atoms with E-state index in [4.69, 9.17) is 11.6 Å². The van der Waals surface area contributed by atoms with Crippen LogP contribution in [0.3, 0.4) is 0 Å². The van der Waals surface area contributed by atoms with Crippen LogP contribution in [0.2, 0.25) is 5.02 Å². The van der Waals surface area contributed by atoms with Gasteiger partial charge in [0.1, 0.15) is 5.69 Å². The zero-order valence-electron chi connectivity index (χ0n) is 10.7. The van der Waals surface area contributed by atoms with E-state index >= 15 is 0 Å². The molecule has 4 nitrogen and oxygen atoms in total. The van der Waals surface area contributed by atoms with Crippen molar-refractivity contribution >= 4 is 11.6 Å². The second kappa shape index (κ2) is 5.23. The van der Waals surface area contributed by atoms with E-state index in [2.05, 4.69) is 20.3 Å². The van der Waals surface area contributed by atoms with Crippen LogP contribution in [0.15, 0.2) is 24.5 Å². The molecule has 1 unspecified atom stereocenters. The lowest BCUT2D eigenvalue weighted by atomic mass is 9.92. The maximum Gasteiger partial charge on any atom is 0.179 e. The number of pyridine rings is 1. The average molecular weight is 275 g/mol. The number of fused-ring (bicyclic) bond motifs is 1. The van der Waals surface area contributed by atoms with Crippen LogP contribution in [0.5, 0.6) is 0 Å². The third kappa shape index (κ3) is 2.33. The fourth-order valence-corrected chi connectivity index (χ4v) is 2.72. The summed E-state index contributed by atoms with van der Waals surface area (Å²) < 4.78 is 0. The van der Waals surface area contributed by atoms with E-state index in [-0.39, 0.29) is 0 Å². The van der Waals surface area contributed by atoms with Gasteiger partial charge in [0.05, 0.1) is 5.02 Å². The summed E-state index contributed by atoms with van der Waals surface area (Å²) in [4.78, 5) is 13.3. The molecule has 0 saturated carbocycles. The molecule has 0 radical (unpaired) electrons. The molecule has 1 aliphatic rings. The quantitative estimate of drug-likeness (QED) is 0.915. The number of rotatable bonds is 2. The highest BCUT2D eigenvalue weighted by molar-refractivity contribution is 6.32. The molecule has 0 saturated heterocycles. The number of aromatic nitrogens is 3. The molecule has 1 N–H and O–H groups in total. The predicted octanol–water partition coefficient (Wildman–Crippen LogP) is 2.79. The monoisotopic (exact) mass is 274 g/mol. The van der Waals surface area contributed by atoms with Crippen LogP contribution in [-0.2, 0) is 6.42 Å².